The first-order valence-electron chi connectivity index (χ1n) is 11.5. The maximum atomic E-state index is 13.2. The molecule has 8 heteroatoms. The van der Waals surface area contributed by atoms with Crippen LogP contribution in [-0.4, -0.2) is 71.9 Å². The van der Waals surface area contributed by atoms with Crippen LogP contribution in [-0.2, 0) is 6.54 Å². The molecule has 1 saturated heterocycles. The number of carbonyl (C=O) groups is 1. The highest BCUT2D eigenvalue weighted by atomic mass is 35.5. The summed E-state index contributed by atoms with van der Waals surface area (Å²) in [6, 6.07) is 15.8. The van der Waals surface area contributed by atoms with E-state index < -0.39 is 0 Å². The molecule has 1 aliphatic heterocycles. The number of hydrogen-bond donors (Lipinski definition) is 0. The van der Waals surface area contributed by atoms with Gasteiger partial charge in [0, 0.05) is 32.7 Å². The Bertz CT molecular complexity index is 1100. The topological polar surface area (TPSA) is 59.8 Å². The summed E-state index contributed by atoms with van der Waals surface area (Å²) in [5, 5.41) is 4.94. The summed E-state index contributed by atoms with van der Waals surface area (Å²) in [4.78, 5) is 17.4. The average Bonchev–Trinajstić information content (AvgIpc) is 3.13. The van der Waals surface area contributed by atoms with E-state index in [0.717, 1.165) is 36.7 Å². The predicted octanol–water partition coefficient (Wildman–Crippen LogP) is 4.05. The van der Waals surface area contributed by atoms with Crippen LogP contribution in [0.1, 0.15) is 27.2 Å². The fourth-order valence-electron chi connectivity index (χ4n) is 4.06. The van der Waals surface area contributed by atoms with Gasteiger partial charge in [0.25, 0.3) is 5.91 Å². The van der Waals surface area contributed by atoms with Crippen LogP contribution in [0, 0.1) is 13.8 Å². The van der Waals surface area contributed by atoms with E-state index in [2.05, 4.69) is 41.2 Å². The van der Waals surface area contributed by atoms with Crippen LogP contribution in [0.25, 0.3) is 0 Å². The molecule has 180 valence electrons. The van der Waals surface area contributed by atoms with Gasteiger partial charge >= 0.3 is 0 Å². The van der Waals surface area contributed by atoms with Gasteiger partial charge in [0.1, 0.15) is 23.3 Å². The average molecular weight is 483 g/mol. The van der Waals surface area contributed by atoms with Crippen LogP contribution in [0.15, 0.2) is 48.5 Å². The number of methoxy groups -OCH3 is 1. The number of hydrogen-bond acceptors (Lipinski definition) is 5. The van der Waals surface area contributed by atoms with E-state index in [4.69, 9.17) is 21.1 Å². The third-order valence-corrected chi connectivity index (χ3v) is 6.51. The minimum Gasteiger partial charge on any atom is -0.497 e. The van der Waals surface area contributed by atoms with Gasteiger partial charge < -0.3 is 14.4 Å². The Balaban J connectivity index is 1.29. The highest BCUT2D eigenvalue weighted by Crippen LogP contribution is 2.23. The number of ether oxygens (including phenoxy) is 2. The summed E-state index contributed by atoms with van der Waals surface area (Å²) in [6.07, 6.45) is 0. The molecule has 0 aliphatic carbocycles. The third-order valence-electron chi connectivity index (χ3n) is 6.13. The number of amides is 1. The summed E-state index contributed by atoms with van der Waals surface area (Å²) in [5.41, 5.74) is 3.47. The summed E-state index contributed by atoms with van der Waals surface area (Å²) in [7, 11) is 1.65. The zero-order chi connectivity index (χ0) is 24.1. The number of carbonyl (C=O) groups excluding carboxylic acids is 1. The second kappa shape index (κ2) is 10.9. The lowest BCUT2D eigenvalue weighted by molar-refractivity contribution is 0.0619. The first-order valence-corrected chi connectivity index (χ1v) is 11.9. The number of aryl methyl sites for hydroxylation is 2. The van der Waals surface area contributed by atoms with Crippen molar-refractivity contribution in [3.05, 3.63) is 76.1 Å². The first-order chi connectivity index (χ1) is 16.4. The van der Waals surface area contributed by atoms with Crippen LogP contribution in [0.3, 0.4) is 0 Å². The van der Waals surface area contributed by atoms with Gasteiger partial charge in [0.05, 0.1) is 24.9 Å². The molecule has 0 N–H and O–H groups in total. The molecular weight excluding hydrogens is 452 g/mol. The minimum atomic E-state index is -0.0493. The Morgan fingerprint density at radius 2 is 1.62 bits per heavy atom. The molecule has 7 nitrogen and oxygen atoms in total. The zero-order valence-electron chi connectivity index (χ0n) is 20.0. The van der Waals surface area contributed by atoms with Crippen molar-refractivity contribution in [2.24, 2.45) is 0 Å². The Morgan fingerprint density at radius 1 is 0.971 bits per heavy atom. The summed E-state index contributed by atoms with van der Waals surface area (Å²) < 4.78 is 12.7. The summed E-state index contributed by atoms with van der Waals surface area (Å²) >= 11 is 6.62. The molecule has 0 bridgehead atoms. The molecule has 0 spiro atoms. The molecule has 2 heterocycles. The number of benzene rings is 2. The standard InChI is InChI=1S/C26H31ClN4O3/c1-19-4-6-21(7-5-19)18-31-25(27)24(20(2)28-31)26(32)30-14-12-29(13-15-30)16-17-34-23-10-8-22(33-3)9-11-23/h4-11H,12-18H2,1-3H3. The van der Waals surface area contributed by atoms with Gasteiger partial charge in [-0.15, -0.1) is 0 Å². The van der Waals surface area contributed by atoms with E-state index >= 15 is 0 Å². The zero-order valence-corrected chi connectivity index (χ0v) is 20.7. The lowest BCUT2D eigenvalue weighted by Crippen LogP contribution is -2.49. The molecule has 34 heavy (non-hydrogen) atoms. The van der Waals surface area contributed by atoms with E-state index in [1.54, 1.807) is 11.8 Å². The van der Waals surface area contributed by atoms with Crippen molar-refractivity contribution in [3.8, 4) is 11.5 Å². The van der Waals surface area contributed by atoms with E-state index in [-0.39, 0.29) is 5.91 Å². The molecule has 1 amide bonds. The fourth-order valence-corrected chi connectivity index (χ4v) is 4.38. The molecule has 0 unspecified atom stereocenters. The van der Waals surface area contributed by atoms with Crippen molar-refractivity contribution in [3.63, 3.8) is 0 Å². The molecule has 0 saturated carbocycles. The van der Waals surface area contributed by atoms with Gasteiger partial charge in [0.15, 0.2) is 0 Å². The van der Waals surface area contributed by atoms with E-state index in [1.807, 2.05) is 36.1 Å². The first kappa shape index (κ1) is 24.1. The molecule has 2 aromatic carbocycles. The second-order valence-electron chi connectivity index (χ2n) is 8.55. The molecule has 1 fully saturated rings. The Hall–Kier alpha value is -3.03. The van der Waals surface area contributed by atoms with Crippen molar-refractivity contribution in [1.82, 2.24) is 19.6 Å². The van der Waals surface area contributed by atoms with Gasteiger partial charge in [-0.1, -0.05) is 41.4 Å². The fraction of sp³-hybridized carbons (Fsp3) is 0.385. The summed E-state index contributed by atoms with van der Waals surface area (Å²) in [6.45, 7) is 8.74. The van der Waals surface area contributed by atoms with E-state index in [9.17, 15) is 4.79 Å². The van der Waals surface area contributed by atoms with Crippen molar-refractivity contribution < 1.29 is 14.3 Å². The monoisotopic (exact) mass is 482 g/mol. The van der Waals surface area contributed by atoms with Crippen molar-refractivity contribution in [1.29, 1.82) is 0 Å². The lowest BCUT2D eigenvalue weighted by atomic mass is 10.1. The van der Waals surface area contributed by atoms with E-state index in [1.165, 1.54) is 5.56 Å². The van der Waals surface area contributed by atoms with Crippen LogP contribution in [0.4, 0.5) is 0 Å². The Labute approximate surface area is 205 Å². The largest absolute Gasteiger partial charge is 0.497 e. The van der Waals surface area contributed by atoms with Crippen LogP contribution >= 0.6 is 11.6 Å². The molecule has 3 aromatic rings. The number of rotatable bonds is 8. The number of aromatic nitrogens is 2. The predicted molar refractivity (Wildman–Crippen MR) is 133 cm³/mol. The van der Waals surface area contributed by atoms with Crippen molar-refractivity contribution >= 4 is 17.5 Å². The van der Waals surface area contributed by atoms with Gasteiger partial charge in [-0.3, -0.25) is 9.69 Å². The number of halogens is 1. The lowest BCUT2D eigenvalue weighted by Gasteiger charge is -2.34. The SMILES string of the molecule is COc1ccc(OCCN2CCN(C(=O)c3c(C)nn(Cc4ccc(C)cc4)c3Cl)CC2)cc1. The van der Waals surface area contributed by atoms with Gasteiger partial charge in [-0.2, -0.15) is 5.10 Å². The van der Waals surface area contributed by atoms with Crippen LogP contribution in [0.2, 0.25) is 5.15 Å². The summed E-state index contributed by atoms with van der Waals surface area (Å²) in [5.74, 6) is 1.58. The normalized spacial score (nSPS) is 14.3. The molecule has 1 aliphatic rings. The van der Waals surface area contributed by atoms with E-state index in [0.29, 0.717) is 42.7 Å². The molecule has 4 rings (SSSR count). The highest BCUT2D eigenvalue weighted by Gasteiger charge is 2.27. The molecule has 0 atom stereocenters. The minimum absolute atomic E-state index is 0.0493. The number of piperazine rings is 1. The quantitative estimate of drug-likeness (QED) is 0.485. The number of nitrogens with zero attached hydrogens (tertiary/aromatic N) is 4. The van der Waals surface area contributed by atoms with Gasteiger partial charge in [-0.25, -0.2) is 4.68 Å². The van der Waals surface area contributed by atoms with Gasteiger partial charge in [0.2, 0.25) is 0 Å². The third kappa shape index (κ3) is 5.72. The smallest absolute Gasteiger partial charge is 0.258 e. The Morgan fingerprint density at radius 3 is 2.26 bits per heavy atom. The molecule has 1 aromatic heterocycles. The van der Waals surface area contributed by atoms with Crippen molar-refractivity contribution in [2.45, 2.75) is 20.4 Å². The molecular formula is C26H31ClN4O3. The Kier molecular flexibility index (Phi) is 7.75. The maximum Gasteiger partial charge on any atom is 0.258 e. The van der Waals surface area contributed by atoms with Crippen LogP contribution < -0.4 is 9.47 Å². The molecule has 0 radical (unpaired) electrons. The highest BCUT2D eigenvalue weighted by molar-refractivity contribution is 6.33. The second-order valence-corrected chi connectivity index (χ2v) is 8.91. The van der Waals surface area contributed by atoms with Crippen molar-refractivity contribution in [2.75, 3.05) is 46.4 Å². The van der Waals surface area contributed by atoms with Gasteiger partial charge in [-0.05, 0) is 43.7 Å². The maximum absolute atomic E-state index is 13.2. The van der Waals surface area contributed by atoms with Crippen LogP contribution in [0.5, 0.6) is 11.5 Å².